The predicted octanol–water partition coefficient (Wildman–Crippen LogP) is 2.79. The Morgan fingerprint density at radius 2 is 2.27 bits per heavy atom. The molecule has 0 aromatic heterocycles. The molecule has 2 aliphatic heterocycles. The third kappa shape index (κ3) is 1.67. The fourth-order valence-corrected chi connectivity index (χ4v) is 2.79. The Balaban J connectivity index is 2.05. The monoisotopic (exact) mass is 223 g/mol. The van der Waals surface area contributed by atoms with Gasteiger partial charge in [0.1, 0.15) is 0 Å². The molecule has 0 bridgehead atoms. The maximum Gasteiger partial charge on any atom is 0.0728 e. The molecule has 2 aliphatic rings. The van der Waals surface area contributed by atoms with Crippen molar-refractivity contribution in [2.45, 2.75) is 32.1 Å². The molecule has 0 radical (unpaired) electrons. The van der Waals surface area contributed by atoms with E-state index in [2.05, 4.69) is 11.4 Å². The first-order valence-electron chi connectivity index (χ1n) is 5.47. The minimum Gasteiger partial charge on any atom is -0.372 e. The Labute approximate surface area is 94.6 Å². The van der Waals surface area contributed by atoms with E-state index in [1.54, 1.807) is 0 Å². The zero-order valence-electron chi connectivity index (χ0n) is 8.55. The third-order valence-electron chi connectivity index (χ3n) is 3.28. The largest absolute Gasteiger partial charge is 0.372 e. The lowest BCUT2D eigenvalue weighted by atomic mass is 9.96. The number of rotatable bonds is 1. The molecule has 0 aliphatic carbocycles. The highest BCUT2D eigenvalue weighted by molar-refractivity contribution is 6.30. The quantitative estimate of drug-likeness (QED) is 0.791. The molecule has 2 nitrogen and oxygen atoms in total. The lowest BCUT2D eigenvalue weighted by Crippen LogP contribution is -2.14. The number of nitrogens with one attached hydrogen (secondary N) is 1. The number of halogens is 1. The Bertz CT molecular complexity index is 385. The Hall–Kier alpha value is -0.570. The van der Waals surface area contributed by atoms with Crippen molar-refractivity contribution in [2.24, 2.45) is 0 Å². The topological polar surface area (TPSA) is 21.3 Å². The molecule has 1 aromatic rings. The van der Waals surface area contributed by atoms with Gasteiger partial charge in [-0.05, 0) is 48.2 Å². The van der Waals surface area contributed by atoms with Gasteiger partial charge in [-0.3, -0.25) is 0 Å². The minimum atomic E-state index is 0.485. The summed E-state index contributed by atoms with van der Waals surface area (Å²) in [4.78, 5) is 0. The van der Waals surface area contributed by atoms with Crippen LogP contribution in [-0.4, -0.2) is 6.54 Å². The van der Waals surface area contributed by atoms with Gasteiger partial charge in [0.15, 0.2) is 0 Å². The van der Waals surface area contributed by atoms with Gasteiger partial charge in [-0.1, -0.05) is 11.6 Å². The SMILES string of the molecule is Clc1cc2c(c(C3CCCN3)c1)COC2. The maximum absolute atomic E-state index is 6.12. The van der Waals surface area contributed by atoms with Crippen LogP contribution in [0.1, 0.15) is 35.6 Å². The Morgan fingerprint density at radius 3 is 3.07 bits per heavy atom. The first kappa shape index (κ1) is 9.64. The lowest BCUT2D eigenvalue weighted by Gasteiger charge is -2.15. The molecule has 0 saturated carbocycles. The molecule has 1 unspecified atom stereocenters. The molecular weight excluding hydrogens is 210 g/mol. The summed E-state index contributed by atoms with van der Waals surface area (Å²) in [6.45, 7) is 2.59. The second-order valence-electron chi connectivity index (χ2n) is 4.27. The average Bonchev–Trinajstić information content (AvgIpc) is 2.86. The second kappa shape index (κ2) is 3.78. The van der Waals surface area contributed by atoms with Crippen LogP contribution in [0, 0.1) is 0 Å². The van der Waals surface area contributed by atoms with Crippen molar-refractivity contribution < 1.29 is 4.74 Å². The lowest BCUT2D eigenvalue weighted by molar-refractivity contribution is 0.134. The van der Waals surface area contributed by atoms with Crippen molar-refractivity contribution in [1.29, 1.82) is 0 Å². The van der Waals surface area contributed by atoms with E-state index in [9.17, 15) is 0 Å². The van der Waals surface area contributed by atoms with Crippen LogP contribution in [0.3, 0.4) is 0 Å². The molecule has 1 aromatic carbocycles. The summed E-state index contributed by atoms with van der Waals surface area (Å²) in [5.74, 6) is 0. The highest BCUT2D eigenvalue weighted by atomic mass is 35.5. The van der Waals surface area contributed by atoms with E-state index in [-0.39, 0.29) is 0 Å². The maximum atomic E-state index is 6.12. The zero-order valence-corrected chi connectivity index (χ0v) is 9.31. The molecule has 0 spiro atoms. The third-order valence-corrected chi connectivity index (χ3v) is 3.50. The van der Waals surface area contributed by atoms with Crippen LogP contribution in [0.5, 0.6) is 0 Å². The van der Waals surface area contributed by atoms with Gasteiger partial charge in [0, 0.05) is 11.1 Å². The van der Waals surface area contributed by atoms with E-state index in [0.717, 1.165) is 24.8 Å². The van der Waals surface area contributed by atoms with E-state index in [1.165, 1.54) is 29.5 Å². The highest BCUT2D eigenvalue weighted by Gasteiger charge is 2.24. The van der Waals surface area contributed by atoms with E-state index >= 15 is 0 Å². The molecule has 1 N–H and O–H groups in total. The van der Waals surface area contributed by atoms with Gasteiger partial charge in [-0.2, -0.15) is 0 Å². The predicted molar refractivity (Wildman–Crippen MR) is 59.9 cm³/mol. The summed E-state index contributed by atoms with van der Waals surface area (Å²) in [5.41, 5.74) is 3.98. The Morgan fingerprint density at radius 1 is 1.33 bits per heavy atom. The van der Waals surface area contributed by atoms with Gasteiger partial charge in [0.2, 0.25) is 0 Å². The first-order valence-corrected chi connectivity index (χ1v) is 5.85. The molecule has 80 valence electrons. The smallest absolute Gasteiger partial charge is 0.0728 e. The van der Waals surface area contributed by atoms with Crippen LogP contribution in [0.4, 0.5) is 0 Å². The summed E-state index contributed by atoms with van der Waals surface area (Å²) in [6, 6.07) is 4.61. The van der Waals surface area contributed by atoms with Crippen LogP contribution < -0.4 is 5.32 Å². The van der Waals surface area contributed by atoms with Crippen molar-refractivity contribution in [3.05, 3.63) is 33.8 Å². The molecule has 3 rings (SSSR count). The fourth-order valence-electron chi connectivity index (χ4n) is 2.55. The summed E-state index contributed by atoms with van der Waals surface area (Å²) >= 11 is 6.12. The number of hydrogen-bond donors (Lipinski definition) is 1. The highest BCUT2D eigenvalue weighted by Crippen LogP contribution is 2.34. The summed E-state index contributed by atoms with van der Waals surface area (Å²) < 4.78 is 5.48. The fraction of sp³-hybridized carbons (Fsp3) is 0.500. The molecule has 1 saturated heterocycles. The average molecular weight is 224 g/mol. The van der Waals surface area contributed by atoms with Crippen molar-refractivity contribution in [2.75, 3.05) is 6.54 Å². The Kier molecular flexibility index (Phi) is 2.43. The summed E-state index contributed by atoms with van der Waals surface area (Å²) in [6.07, 6.45) is 2.47. The van der Waals surface area contributed by atoms with Gasteiger partial charge >= 0.3 is 0 Å². The normalized spacial score (nSPS) is 24.5. The van der Waals surface area contributed by atoms with Gasteiger partial charge in [0.05, 0.1) is 13.2 Å². The molecule has 2 heterocycles. The standard InChI is InChI=1S/C12H14ClNO/c13-9-4-8-6-15-7-11(8)10(5-9)12-2-1-3-14-12/h4-5,12,14H,1-3,6-7H2. The van der Waals surface area contributed by atoms with Crippen molar-refractivity contribution >= 4 is 11.6 Å². The van der Waals surface area contributed by atoms with E-state index in [4.69, 9.17) is 16.3 Å². The second-order valence-corrected chi connectivity index (χ2v) is 4.71. The van der Waals surface area contributed by atoms with Gasteiger partial charge in [0.25, 0.3) is 0 Å². The molecular formula is C12H14ClNO. The molecule has 3 heteroatoms. The van der Waals surface area contributed by atoms with Crippen molar-refractivity contribution in [1.82, 2.24) is 5.32 Å². The van der Waals surface area contributed by atoms with Crippen LogP contribution in [0.15, 0.2) is 12.1 Å². The van der Waals surface area contributed by atoms with E-state index < -0.39 is 0 Å². The number of ether oxygens (including phenoxy) is 1. The molecule has 1 atom stereocenters. The summed E-state index contributed by atoms with van der Waals surface area (Å²) in [5, 5.41) is 4.35. The molecule has 0 amide bonds. The zero-order chi connectivity index (χ0) is 10.3. The molecule has 15 heavy (non-hydrogen) atoms. The van der Waals surface area contributed by atoms with Crippen molar-refractivity contribution in [3.63, 3.8) is 0 Å². The van der Waals surface area contributed by atoms with E-state index in [1.807, 2.05) is 6.07 Å². The molecule has 1 fully saturated rings. The first-order chi connectivity index (χ1) is 7.34. The van der Waals surface area contributed by atoms with Gasteiger partial charge in [-0.25, -0.2) is 0 Å². The van der Waals surface area contributed by atoms with Crippen LogP contribution in [0.2, 0.25) is 5.02 Å². The number of fused-ring (bicyclic) bond motifs is 1. The van der Waals surface area contributed by atoms with Crippen LogP contribution in [-0.2, 0) is 18.0 Å². The van der Waals surface area contributed by atoms with E-state index in [0.29, 0.717) is 6.04 Å². The van der Waals surface area contributed by atoms with Crippen LogP contribution in [0.25, 0.3) is 0 Å². The number of hydrogen-bond acceptors (Lipinski definition) is 2. The minimum absolute atomic E-state index is 0.485. The number of benzene rings is 1. The van der Waals surface area contributed by atoms with Gasteiger partial charge in [-0.15, -0.1) is 0 Å². The summed E-state index contributed by atoms with van der Waals surface area (Å²) in [7, 11) is 0. The van der Waals surface area contributed by atoms with Crippen LogP contribution >= 0.6 is 11.6 Å². The van der Waals surface area contributed by atoms with Gasteiger partial charge < -0.3 is 10.1 Å². The van der Waals surface area contributed by atoms with Crippen molar-refractivity contribution in [3.8, 4) is 0 Å².